The van der Waals surface area contributed by atoms with Gasteiger partial charge in [0.05, 0.1) is 5.56 Å². The minimum atomic E-state index is -0.601. The molecule has 0 spiro atoms. The molecule has 3 aromatic rings. The highest BCUT2D eigenvalue weighted by Crippen LogP contribution is 2.60. The zero-order valence-corrected chi connectivity index (χ0v) is 18.6. The number of hydrogen-bond donors (Lipinski definition) is 0. The van der Waals surface area contributed by atoms with Crippen molar-refractivity contribution in [2.24, 2.45) is 23.2 Å². The van der Waals surface area contributed by atoms with Gasteiger partial charge in [0, 0.05) is 10.8 Å². The molecule has 170 valence electrons. The molecule has 33 heavy (non-hydrogen) atoms. The Kier molecular flexibility index (Phi) is 5.01. The molecule has 4 saturated carbocycles. The van der Waals surface area contributed by atoms with Gasteiger partial charge in [0.1, 0.15) is 17.9 Å². The fourth-order valence-electron chi connectivity index (χ4n) is 6.88. The lowest BCUT2D eigenvalue weighted by molar-refractivity contribution is -0.147. The van der Waals surface area contributed by atoms with Gasteiger partial charge in [0.25, 0.3) is 0 Å². The molecular weight excluding hydrogens is 416 g/mol. The highest BCUT2D eigenvalue weighted by Gasteiger charge is 2.54. The molecule has 7 rings (SSSR count). The van der Waals surface area contributed by atoms with E-state index in [1.165, 1.54) is 19.3 Å². The van der Waals surface area contributed by atoms with E-state index in [4.69, 9.17) is 13.9 Å². The molecule has 0 atom stereocenters. The number of para-hydroxylation sites is 2. The number of fused-ring (bicyclic) bond motifs is 1. The molecule has 2 aromatic carbocycles. The van der Waals surface area contributed by atoms with Gasteiger partial charge in [-0.2, -0.15) is 0 Å². The lowest BCUT2D eigenvalue weighted by Crippen LogP contribution is -2.51. The molecule has 1 heterocycles. The molecule has 0 radical (unpaired) electrons. The summed E-state index contributed by atoms with van der Waals surface area (Å²) in [6, 6.07) is 16.9. The quantitative estimate of drug-likeness (QED) is 0.421. The maximum atomic E-state index is 13.3. The Bertz CT molecular complexity index is 1160. The van der Waals surface area contributed by atoms with Crippen molar-refractivity contribution in [1.82, 2.24) is 0 Å². The average Bonchev–Trinajstić information content (AvgIpc) is 3.19. The standard InChI is InChI=1S/C28H28O5/c29-25(28-13-18-10-19(14-28)12-20(11-18)15-28)17-32-27(30)26-23(16-31-21-6-2-1-3-7-21)22-8-4-5-9-24(22)33-26/h1-9,18-20H,10-17H2. The lowest BCUT2D eigenvalue weighted by atomic mass is 9.48. The number of benzene rings is 2. The van der Waals surface area contributed by atoms with Crippen molar-refractivity contribution in [2.45, 2.75) is 45.1 Å². The first kappa shape index (κ1) is 20.5. The number of carbonyl (C=O) groups excluding carboxylic acids is 2. The number of esters is 1. The van der Waals surface area contributed by atoms with Crippen LogP contribution in [0.15, 0.2) is 59.0 Å². The molecule has 0 amide bonds. The highest BCUT2D eigenvalue weighted by atomic mass is 16.5. The zero-order valence-electron chi connectivity index (χ0n) is 18.6. The summed E-state index contributed by atoms with van der Waals surface area (Å²) in [6.07, 6.45) is 6.73. The Hall–Kier alpha value is -3.08. The van der Waals surface area contributed by atoms with E-state index in [-0.39, 0.29) is 30.2 Å². The molecule has 0 saturated heterocycles. The first-order valence-electron chi connectivity index (χ1n) is 12.0. The Morgan fingerprint density at radius 2 is 1.52 bits per heavy atom. The largest absolute Gasteiger partial charge is 0.489 e. The second kappa shape index (κ2) is 8.05. The van der Waals surface area contributed by atoms with Gasteiger partial charge in [0.15, 0.2) is 12.4 Å². The van der Waals surface area contributed by atoms with Crippen LogP contribution in [0.1, 0.15) is 54.6 Å². The van der Waals surface area contributed by atoms with Gasteiger partial charge in [0.2, 0.25) is 5.76 Å². The monoisotopic (exact) mass is 444 g/mol. The van der Waals surface area contributed by atoms with E-state index >= 15 is 0 Å². The third kappa shape index (κ3) is 3.73. The molecule has 4 bridgehead atoms. The summed E-state index contributed by atoms with van der Waals surface area (Å²) in [6.45, 7) is -0.00456. The maximum absolute atomic E-state index is 13.3. The predicted octanol–water partition coefficient (Wildman–Crippen LogP) is 5.95. The first-order chi connectivity index (χ1) is 16.1. The van der Waals surface area contributed by atoms with E-state index in [0.717, 1.165) is 24.6 Å². The summed E-state index contributed by atoms with van der Waals surface area (Å²) in [7, 11) is 0. The van der Waals surface area contributed by atoms with Crippen LogP contribution in [-0.2, 0) is 16.1 Å². The van der Waals surface area contributed by atoms with Crippen molar-refractivity contribution in [3.63, 3.8) is 0 Å². The Morgan fingerprint density at radius 3 is 2.21 bits per heavy atom. The van der Waals surface area contributed by atoms with Gasteiger partial charge in [-0.25, -0.2) is 4.79 Å². The van der Waals surface area contributed by atoms with Gasteiger partial charge < -0.3 is 13.9 Å². The fourth-order valence-corrected chi connectivity index (χ4v) is 6.88. The van der Waals surface area contributed by atoms with E-state index in [9.17, 15) is 9.59 Å². The molecule has 5 nitrogen and oxygen atoms in total. The fraction of sp³-hybridized carbons (Fsp3) is 0.429. The minimum absolute atomic E-state index is 0.0909. The molecule has 0 N–H and O–H groups in total. The van der Waals surface area contributed by atoms with Crippen LogP contribution in [-0.4, -0.2) is 18.4 Å². The summed E-state index contributed by atoms with van der Waals surface area (Å²) in [4.78, 5) is 26.3. The number of rotatable bonds is 7. The van der Waals surface area contributed by atoms with Crippen LogP contribution >= 0.6 is 0 Å². The van der Waals surface area contributed by atoms with Crippen molar-refractivity contribution in [2.75, 3.05) is 6.61 Å². The second-order valence-corrected chi connectivity index (χ2v) is 10.2. The third-order valence-electron chi connectivity index (χ3n) is 7.97. The van der Waals surface area contributed by atoms with Gasteiger partial charge >= 0.3 is 5.97 Å². The van der Waals surface area contributed by atoms with Gasteiger partial charge in [-0.1, -0.05) is 36.4 Å². The van der Waals surface area contributed by atoms with Gasteiger partial charge in [-0.3, -0.25) is 4.79 Å². The topological polar surface area (TPSA) is 65.7 Å². The summed E-state index contributed by atoms with van der Waals surface area (Å²) < 4.78 is 17.3. The second-order valence-electron chi connectivity index (χ2n) is 10.2. The number of ketones is 1. The van der Waals surface area contributed by atoms with Crippen molar-refractivity contribution in [1.29, 1.82) is 0 Å². The normalized spacial score (nSPS) is 27.6. The van der Waals surface area contributed by atoms with Crippen LogP contribution in [0.25, 0.3) is 11.0 Å². The maximum Gasteiger partial charge on any atom is 0.375 e. The first-order valence-corrected chi connectivity index (χ1v) is 12.0. The minimum Gasteiger partial charge on any atom is -0.489 e. The third-order valence-corrected chi connectivity index (χ3v) is 7.97. The molecule has 4 fully saturated rings. The van der Waals surface area contributed by atoms with Crippen molar-refractivity contribution >= 4 is 22.7 Å². The average molecular weight is 445 g/mol. The smallest absolute Gasteiger partial charge is 0.375 e. The van der Waals surface area contributed by atoms with Crippen molar-refractivity contribution < 1.29 is 23.5 Å². The number of ether oxygens (including phenoxy) is 2. The van der Waals surface area contributed by atoms with E-state index in [1.807, 2.05) is 54.6 Å². The molecule has 5 heteroatoms. The molecule has 4 aliphatic rings. The molecule has 1 aromatic heterocycles. The molecule has 0 aliphatic heterocycles. The number of hydrogen-bond acceptors (Lipinski definition) is 5. The number of carbonyl (C=O) groups is 2. The molecular formula is C28H28O5. The van der Waals surface area contributed by atoms with E-state index in [2.05, 4.69) is 0 Å². The van der Waals surface area contributed by atoms with Crippen LogP contribution in [0.4, 0.5) is 0 Å². The molecule has 0 unspecified atom stereocenters. The SMILES string of the molecule is O=C(OCC(=O)C12CC3CC(CC(C3)C1)C2)c1oc2ccccc2c1COc1ccccc1. The highest BCUT2D eigenvalue weighted by molar-refractivity contribution is 5.97. The Morgan fingerprint density at radius 1 is 0.879 bits per heavy atom. The van der Waals surface area contributed by atoms with Gasteiger partial charge in [-0.15, -0.1) is 0 Å². The Labute approximate surface area is 193 Å². The number of furan rings is 1. The molecule has 4 aliphatic carbocycles. The van der Waals surface area contributed by atoms with Crippen LogP contribution in [0.3, 0.4) is 0 Å². The van der Waals surface area contributed by atoms with Crippen LogP contribution < -0.4 is 4.74 Å². The summed E-state index contributed by atoms with van der Waals surface area (Å²) in [5.41, 5.74) is 0.965. The summed E-state index contributed by atoms with van der Waals surface area (Å²) in [5, 5.41) is 0.813. The van der Waals surface area contributed by atoms with Crippen LogP contribution in [0.5, 0.6) is 5.75 Å². The van der Waals surface area contributed by atoms with E-state index in [0.29, 0.717) is 34.6 Å². The lowest BCUT2D eigenvalue weighted by Gasteiger charge is -2.55. The van der Waals surface area contributed by atoms with Crippen molar-refractivity contribution in [3.05, 3.63) is 65.9 Å². The van der Waals surface area contributed by atoms with Gasteiger partial charge in [-0.05, 0) is 74.5 Å². The van der Waals surface area contributed by atoms with E-state index in [1.54, 1.807) is 0 Å². The van der Waals surface area contributed by atoms with Crippen LogP contribution in [0, 0.1) is 23.2 Å². The predicted molar refractivity (Wildman–Crippen MR) is 123 cm³/mol. The Balaban J connectivity index is 1.19. The zero-order chi connectivity index (χ0) is 22.4. The number of Topliss-reactive ketones (excluding diaryl/α,β-unsaturated/α-hetero) is 1. The summed E-state index contributed by atoms with van der Waals surface area (Å²) >= 11 is 0. The van der Waals surface area contributed by atoms with Crippen LogP contribution in [0.2, 0.25) is 0 Å². The van der Waals surface area contributed by atoms with E-state index < -0.39 is 5.97 Å². The summed E-state index contributed by atoms with van der Waals surface area (Å²) in [5.74, 6) is 2.34. The van der Waals surface area contributed by atoms with Crippen molar-refractivity contribution in [3.8, 4) is 5.75 Å².